The van der Waals surface area contributed by atoms with Crippen molar-refractivity contribution in [1.82, 2.24) is 30.1 Å². The van der Waals surface area contributed by atoms with E-state index in [0.29, 0.717) is 10.9 Å². The summed E-state index contributed by atoms with van der Waals surface area (Å²) < 4.78 is 3.22. The second-order valence-corrected chi connectivity index (χ2v) is 6.27. The highest BCUT2D eigenvalue weighted by Gasteiger charge is 2.16. The maximum Gasteiger partial charge on any atom is 0.274 e. The Hall–Kier alpha value is -2.94. The van der Waals surface area contributed by atoms with Crippen molar-refractivity contribution in [3.8, 4) is 5.69 Å². The predicted octanol–water partition coefficient (Wildman–Crippen LogP) is 1.36. The molecular formula is C16H16N6O2S. The van der Waals surface area contributed by atoms with E-state index in [1.165, 1.54) is 0 Å². The van der Waals surface area contributed by atoms with E-state index < -0.39 is 11.8 Å². The number of amides is 2. The first-order chi connectivity index (χ1) is 12.1. The average molecular weight is 356 g/mol. The summed E-state index contributed by atoms with van der Waals surface area (Å²) in [6.07, 6.45) is 1.74. The van der Waals surface area contributed by atoms with Gasteiger partial charge in [-0.3, -0.25) is 14.9 Å². The normalized spacial score (nSPS) is 10.6. The van der Waals surface area contributed by atoms with Crippen LogP contribution >= 0.6 is 11.8 Å². The SMILES string of the molecule is Cc1ccccc1-n1nnnc1SCC(=O)NC(=O)c1cccn1C. The van der Waals surface area contributed by atoms with Crippen LogP contribution in [0.15, 0.2) is 47.8 Å². The van der Waals surface area contributed by atoms with Crippen molar-refractivity contribution in [2.75, 3.05) is 5.75 Å². The standard InChI is InChI=1S/C16H16N6O2S/c1-11-6-3-4-7-12(11)22-16(18-19-20-22)25-10-14(23)17-15(24)13-8-5-9-21(13)2/h3-9H,10H2,1-2H3,(H,17,23,24). The average Bonchev–Trinajstić information content (AvgIpc) is 3.22. The molecule has 2 aromatic heterocycles. The number of nitrogens with one attached hydrogen (secondary N) is 1. The molecular weight excluding hydrogens is 340 g/mol. The Morgan fingerprint density at radius 1 is 1.20 bits per heavy atom. The number of carbonyl (C=O) groups excluding carboxylic acids is 2. The third-order valence-corrected chi connectivity index (χ3v) is 4.47. The molecule has 0 atom stereocenters. The minimum atomic E-state index is -0.434. The van der Waals surface area contributed by atoms with Crippen LogP contribution in [0, 0.1) is 6.92 Å². The number of nitrogens with zero attached hydrogens (tertiary/aromatic N) is 5. The summed E-state index contributed by atoms with van der Waals surface area (Å²) in [7, 11) is 1.74. The number of aryl methyl sites for hydroxylation is 2. The molecule has 25 heavy (non-hydrogen) atoms. The number of aromatic nitrogens is 5. The highest BCUT2D eigenvalue weighted by molar-refractivity contribution is 7.99. The first kappa shape index (κ1) is 16.9. The molecule has 0 saturated carbocycles. The Morgan fingerprint density at radius 2 is 2.00 bits per heavy atom. The molecule has 0 radical (unpaired) electrons. The van der Waals surface area contributed by atoms with Crippen molar-refractivity contribution in [2.24, 2.45) is 7.05 Å². The van der Waals surface area contributed by atoms with Crippen molar-refractivity contribution in [2.45, 2.75) is 12.1 Å². The molecule has 8 nitrogen and oxygen atoms in total. The zero-order valence-corrected chi connectivity index (χ0v) is 14.5. The van der Waals surface area contributed by atoms with E-state index in [1.54, 1.807) is 34.6 Å². The van der Waals surface area contributed by atoms with E-state index in [1.807, 2.05) is 31.2 Å². The molecule has 0 bridgehead atoms. The van der Waals surface area contributed by atoms with E-state index in [2.05, 4.69) is 20.8 Å². The van der Waals surface area contributed by atoms with Crippen LogP contribution in [0.4, 0.5) is 0 Å². The number of hydrogen-bond acceptors (Lipinski definition) is 6. The van der Waals surface area contributed by atoms with Gasteiger partial charge in [0.05, 0.1) is 11.4 Å². The lowest BCUT2D eigenvalue weighted by molar-refractivity contribution is -0.117. The number of benzene rings is 1. The Kier molecular flexibility index (Phi) is 4.94. The molecule has 0 spiro atoms. The number of hydrogen-bond donors (Lipinski definition) is 1. The lowest BCUT2D eigenvalue weighted by Crippen LogP contribution is -2.33. The van der Waals surface area contributed by atoms with Gasteiger partial charge in [0.15, 0.2) is 0 Å². The Balaban J connectivity index is 1.64. The van der Waals surface area contributed by atoms with E-state index in [-0.39, 0.29) is 5.75 Å². The first-order valence-corrected chi connectivity index (χ1v) is 8.47. The van der Waals surface area contributed by atoms with Gasteiger partial charge in [0.25, 0.3) is 5.91 Å². The van der Waals surface area contributed by atoms with Gasteiger partial charge in [-0.1, -0.05) is 30.0 Å². The fourth-order valence-corrected chi connectivity index (χ4v) is 2.96. The maximum absolute atomic E-state index is 12.0. The largest absolute Gasteiger partial charge is 0.347 e. The quantitative estimate of drug-likeness (QED) is 0.694. The van der Waals surface area contributed by atoms with Crippen molar-refractivity contribution >= 4 is 23.6 Å². The van der Waals surface area contributed by atoms with Gasteiger partial charge in [-0.25, -0.2) is 0 Å². The van der Waals surface area contributed by atoms with E-state index in [9.17, 15) is 9.59 Å². The third-order valence-electron chi connectivity index (χ3n) is 3.55. The fraction of sp³-hybridized carbons (Fsp3) is 0.188. The second-order valence-electron chi connectivity index (χ2n) is 5.33. The molecule has 0 aliphatic heterocycles. The minimum Gasteiger partial charge on any atom is -0.347 e. The zero-order chi connectivity index (χ0) is 17.8. The van der Waals surface area contributed by atoms with Crippen molar-refractivity contribution in [1.29, 1.82) is 0 Å². The molecule has 0 aliphatic carbocycles. The number of carbonyl (C=O) groups is 2. The van der Waals surface area contributed by atoms with Crippen LogP contribution in [-0.2, 0) is 11.8 Å². The minimum absolute atomic E-state index is 0.0302. The van der Waals surface area contributed by atoms with E-state index in [0.717, 1.165) is 23.0 Å². The lowest BCUT2D eigenvalue weighted by Gasteiger charge is -2.07. The summed E-state index contributed by atoms with van der Waals surface area (Å²) in [6, 6.07) is 11.1. The van der Waals surface area contributed by atoms with Gasteiger partial charge in [0.1, 0.15) is 5.69 Å². The first-order valence-electron chi connectivity index (χ1n) is 7.49. The molecule has 1 aromatic carbocycles. The van der Waals surface area contributed by atoms with Crippen LogP contribution in [0.2, 0.25) is 0 Å². The number of tetrazole rings is 1. The molecule has 1 N–H and O–H groups in total. The van der Waals surface area contributed by atoms with Crippen molar-refractivity contribution < 1.29 is 9.59 Å². The molecule has 2 heterocycles. The van der Waals surface area contributed by atoms with E-state index in [4.69, 9.17) is 0 Å². The number of imide groups is 1. The number of rotatable bonds is 5. The van der Waals surface area contributed by atoms with Gasteiger partial charge < -0.3 is 4.57 Å². The molecule has 128 valence electrons. The molecule has 0 unspecified atom stereocenters. The molecule has 9 heteroatoms. The number of para-hydroxylation sites is 1. The third kappa shape index (κ3) is 3.77. The molecule has 0 saturated heterocycles. The summed E-state index contributed by atoms with van der Waals surface area (Å²) >= 11 is 1.16. The van der Waals surface area contributed by atoms with Crippen LogP contribution in [0.1, 0.15) is 16.1 Å². The van der Waals surface area contributed by atoms with E-state index >= 15 is 0 Å². The molecule has 0 aliphatic rings. The Bertz CT molecular complexity index is 917. The van der Waals surface area contributed by atoms with Crippen LogP contribution < -0.4 is 5.32 Å². The monoisotopic (exact) mass is 356 g/mol. The van der Waals surface area contributed by atoms with Crippen LogP contribution in [0.3, 0.4) is 0 Å². The number of thioether (sulfide) groups is 1. The Morgan fingerprint density at radius 3 is 2.72 bits per heavy atom. The van der Waals surface area contributed by atoms with Gasteiger partial charge in [0, 0.05) is 13.2 Å². The fourth-order valence-electron chi connectivity index (χ4n) is 2.28. The summed E-state index contributed by atoms with van der Waals surface area (Å²) in [5, 5.41) is 14.4. The zero-order valence-electron chi connectivity index (χ0n) is 13.7. The van der Waals surface area contributed by atoms with Gasteiger partial charge in [-0.15, -0.1) is 5.10 Å². The van der Waals surface area contributed by atoms with Gasteiger partial charge in [-0.2, -0.15) is 4.68 Å². The summed E-state index contributed by atoms with van der Waals surface area (Å²) in [5.41, 5.74) is 2.28. The van der Waals surface area contributed by atoms with Crippen molar-refractivity contribution in [3.05, 3.63) is 53.9 Å². The highest BCUT2D eigenvalue weighted by Crippen LogP contribution is 2.20. The van der Waals surface area contributed by atoms with Gasteiger partial charge in [-0.05, 0) is 41.1 Å². The van der Waals surface area contributed by atoms with Gasteiger partial charge >= 0.3 is 0 Å². The molecule has 3 rings (SSSR count). The van der Waals surface area contributed by atoms with Crippen LogP contribution in [0.25, 0.3) is 5.69 Å². The summed E-state index contributed by atoms with van der Waals surface area (Å²) in [4.78, 5) is 24.1. The van der Waals surface area contributed by atoms with Gasteiger partial charge in [0.2, 0.25) is 11.1 Å². The topological polar surface area (TPSA) is 94.7 Å². The predicted molar refractivity (Wildman–Crippen MR) is 92.5 cm³/mol. The lowest BCUT2D eigenvalue weighted by atomic mass is 10.2. The summed E-state index contributed by atoms with van der Waals surface area (Å²) in [6.45, 7) is 1.96. The highest BCUT2D eigenvalue weighted by atomic mass is 32.2. The Labute approximate surface area is 148 Å². The molecule has 2 amide bonds. The summed E-state index contributed by atoms with van der Waals surface area (Å²) in [5.74, 6) is -0.810. The molecule has 0 fully saturated rings. The molecule has 3 aromatic rings. The van der Waals surface area contributed by atoms with Crippen LogP contribution in [-0.4, -0.2) is 42.3 Å². The van der Waals surface area contributed by atoms with Crippen molar-refractivity contribution in [3.63, 3.8) is 0 Å². The smallest absolute Gasteiger partial charge is 0.274 e. The second kappa shape index (κ2) is 7.31. The maximum atomic E-state index is 12.0. The van der Waals surface area contributed by atoms with Crippen LogP contribution in [0.5, 0.6) is 0 Å².